The van der Waals surface area contributed by atoms with Gasteiger partial charge >= 0.3 is 5.69 Å². The van der Waals surface area contributed by atoms with Crippen LogP contribution in [0.15, 0.2) is 52.2 Å². The van der Waals surface area contributed by atoms with Gasteiger partial charge in [0.25, 0.3) is 5.56 Å². The van der Waals surface area contributed by atoms with Crippen molar-refractivity contribution in [2.75, 3.05) is 6.61 Å². The van der Waals surface area contributed by atoms with E-state index >= 15 is 0 Å². The molecule has 152 valence electrons. The molecule has 0 amide bonds. The average Bonchev–Trinajstić information content (AvgIpc) is 3.00. The Kier molecular flexibility index (Phi) is 5.05. The zero-order valence-corrected chi connectivity index (χ0v) is 15.7. The molecular formula is C20H21N3O6. The molecule has 2 aromatic heterocycles. The Balaban J connectivity index is 1.98. The summed E-state index contributed by atoms with van der Waals surface area (Å²) in [4.78, 5) is 30.6. The number of hydrogen-bond donors (Lipinski definition) is 3. The summed E-state index contributed by atoms with van der Waals surface area (Å²) in [7, 11) is 0. The van der Waals surface area contributed by atoms with Crippen LogP contribution >= 0.6 is 0 Å². The Morgan fingerprint density at radius 3 is 2.48 bits per heavy atom. The summed E-state index contributed by atoms with van der Waals surface area (Å²) in [5.74, 6) is 0. The molecule has 3 heterocycles. The van der Waals surface area contributed by atoms with Crippen molar-refractivity contribution in [3.05, 3.63) is 74.6 Å². The number of pyridine rings is 1. The summed E-state index contributed by atoms with van der Waals surface area (Å²) in [5, 5.41) is 30.2. The lowest BCUT2D eigenvalue weighted by molar-refractivity contribution is -0.0535. The number of hydrogen-bond acceptors (Lipinski definition) is 7. The van der Waals surface area contributed by atoms with E-state index < -0.39 is 42.4 Å². The first-order valence-electron chi connectivity index (χ1n) is 9.21. The van der Waals surface area contributed by atoms with Crippen LogP contribution in [0.1, 0.15) is 17.4 Å². The van der Waals surface area contributed by atoms with Crippen LogP contribution < -0.4 is 11.2 Å². The first-order valence-corrected chi connectivity index (χ1v) is 9.21. The van der Waals surface area contributed by atoms with Crippen molar-refractivity contribution in [2.24, 2.45) is 0 Å². The van der Waals surface area contributed by atoms with E-state index in [1.165, 1.54) is 6.20 Å². The molecule has 3 N–H and O–H groups in total. The standard InChI is InChI=1S/C20H21N3O6/c1-11-7-8-21-17-14(11)18(27)22(9-12-5-3-2-4-6-12)20(28)23(17)19-16(26)15(25)13(10-24)29-19/h2-8,13,15-16,19,24-26H,9-10H2,1H3/t13-,15-,16-,19-/m1/s1. The molecule has 1 aliphatic rings. The minimum atomic E-state index is -1.47. The zero-order chi connectivity index (χ0) is 20.7. The molecule has 4 rings (SSSR count). The van der Waals surface area contributed by atoms with Crippen LogP contribution in [0, 0.1) is 6.92 Å². The van der Waals surface area contributed by atoms with Crippen molar-refractivity contribution in [1.82, 2.24) is 14.1 Å². The first-order chi connectivity index (χ1) is 13.9. The molecule has 0 radical (unpaired) electrons. The minimum absolute atomic E-state index is 0.0254. The number of aryl methyl sites for hydroxylation is 1. The van der Waals surface area contributed by atoms with Gasteiger partial charge in [-0.2, -0.15) is 0 Å². The number of aliphatic hydroxyl groups excluding tert-OH is 3. The average molecular weight is 399 g/mol. The second-order valence-corrected chi connectivity index (χ2v) is 7.08. The van der Waals surface area contributed by atoms with Crippen molar-refractivity contribution < 1.29 is 20.1 Å². The van der Waals surface area contributed by atoms with Gasteiger partial charge < -0.3 is 20.1 Å². The van der Waals surface area contributed by atoms with Crippen molar-refractivity contribution in [3.63, 3.8) is 0 Å². The van der Waals surface area contributed by atoms with Gasteiger partial charge in [-0.15, -0.1) is 0 Å². The molecule has 4 atom stereocenters. The van der Waals surface area contributed by atoms with Gasteiger partial charge in [0.05, 0.1) is 18.5 Å². The zero-order valence-electron chi connectivity index (χ0n) is 15.7. The molecule has 9 heteroatoms. The highest BCUT2D eigenvalue weighted by molar-refractivity contribution is 5.77. The minimum Gasteiger partial charge on any atom is -0.394 e. The Hall–Kier alpha value is -2.85. The summed E-state index contributed by atoms with van der Waals surface area (Å²) in [5.41, 5.74) is 0.198. The molecule has 0 saturated carbocycles. The normalized spacial score (nSPS) is 24.3. The number of ether oxygens (including phenoxy) is 1. The molecule has 9 nitrogen and oxygen atoms in total. The summed E-state index contributed by atoms with van der Waals surface area (Å²) in [6.45, 7) is 1.22. The van der Waals surface area contributed by atoms with Crippen LogP contribution in [0.2, 0.25) is 0 Å². The highest BCUT2D eigenvalue weighted by atomic mass is 16.6. The number of fused-ring (bicyclic) bond motifs is 1. The number of aromatic nitrogens is 3. The van der Waals surface area contributed by atoms with Gasteiger partial charge in [-0.25, -0.2) is 14.3 Å². The van der Waals surface area contributed by atoms with Gasteiger partial charge in [0.2, 0.25) is 0 Å². The van der Waals surface area contributed by atoms with E-state index in [4.69, 9.17) is 4.74 Å². The quantitative estimate of drug-likeness (QED) is 0.541. The fraction of sp³-hybridized carbons (Fsp3) is 0.350. The van der Waals surface area contributed by atoms with E-state index in [0.29, 0.717) is 5.56 Å². The molecule has 1 aromatic carbocycles. The van der Waals surface area contributed by atoms with Gasteiger partial charge in [0.15, 0.2) is 11.9 Å². The molecular weight excluding hydrogens is 378 g/mol. The van der Waals surface area contributed by atoms with Gasteiger partial charge in [0.1, 0.15) is 18.3 Å². The van der Waals surface area contributed by atoms with Crippen molar-refractivity contribution in [3.8, 4) is 0 Å². The predicted octanol–water partition coefficient (Wildman–Crippen LogP) is -0.474. The molecule has 29 heavy (non-hydrogen) atoms. The lowest BCUT2D eigenvalue weighted by Crippen LogP contribution is -2.44. The summed E-state index contributed by atoms with van der Waals surface area (Å²) >= 11 is 0. The molecule has 1 fully saturated rings. The summed E-state index contributed by atoms with van der Waals surface area (Å²) in [6.07, 6.45) is -3.76. The van der Waals surface area contributed by atoms with E-state index in [1.807, 2.05) is 6.07 Å². The van der Waals surface area contributed by atoms with E-state index in [2.05, 4.69) is 4.98 Å². The number of nitrogens with zero attached hydrogens (tertiary/aromatic N) is 3. The highest BCUT2D eigenvalue weighted by Crippen LogP contribution is 2.30. The van der Waals surface area contributed by atoms with Crippen LogP contribution in [-0.4, -0.2) is 54.4 Å². The topological polar surface area (TPSA) is 127 Å². The maximum absolute atomic E-state index is 13.3. The molecule has 1 saturated heterocycles. The molecule has 0 bridgehead atoms. The van der Waals surface area contributed by atoms with Gasteiger partial charge in [-0.1, -0.05) is 30.3 Å². The Morgan fingerprint density at radius 1 is 1.10 bits per heavy atom. The summed E-state index contributed by atoms with van der Waals surface area (Å²) in [6, 6.07) is 10.7. The lowest BCUT2D eigenvalue weighted by atomic mass is 10.1. The predicted molar refractivity (Wildman–Crippen MR) is 104 cm³/mol. The van der Waals surface area contributed by atoms with Gasteiger partial charge in [0, 0.05) is 6.20 Å². The van der Waals surface area contributed by atoms with Crippen molar-refractivity contribution in [1.29, 1.82) is 0 Å². The third kappa shape index (κ3) is 3.18. The van der Waals surface area contributed by atoms with Crippen molar-refractivity contribution in [2.45, 2.75) is 38.0 Å². The Labute approximate surface area is 165 Å². The highest BCUT2D eigenvalue weighted by Gasteiger charge is 2.44. The molecule has 0 spiro atoms. The van der Waals surface area contributed by atoms with Gasteiger partial charge in [-0.05, 0) is 24.1 Å². The van der Waals surface area contributed by atoms with Crippen LogP contribution in [0.5, 0.6) is 0 Å². The third-order valence-electron chi connectivity index (χ3n) is 5.22. The fourth-order valence-electron chi connectivity index (χ4n) is 3.66. The first kappa shape index (κ1) is 19.5. The Morgan fingerprint density at radius 2 is 1.83 bits per heavy atom. The SMILES string of the molecule is Cc1ccnc2c1c(=O)n(Cc1ccccc1)c(=O)n2[C@@H]1O[C@H](CO)[C@@H](O)[C@H]1O. The number of aliphatic hydroxyl groups is 3. The van der Waals surface area contributed by atoms with Crippen molar-refractivity contribution >= 4 is 11.0 Å². The lowest BCUT2D eigenvalue weighted by Gasteiger charge is -2.21. The van der Waals surface area contributed by atoms with Crippen LogP contribution in [0.3, 0.4) is 0 Å². The van der Waals surface area contributed by atoms with E-state index in [0.717, 1.165) is 14.7 Å². The third-order valence-corrected chi connectivity index (χ3v) is 5.22. The Bertz CT molecular complexity index is 1160. The molecule has 0 aliphatic carbocycles. The fourth-order valence-corrected chi connectivity index (χ4v) is 3.66. The maximum atomic E-state index is 13.3. The number of benzene rings is 1. The van der Waals surface area contributed by atoms with Gasteiger partial charge in [-0.3, -0.25) is 9.36 Å². The van der Waals surface area contributed by atoms with E-state index in [-0.39, 0.29) is 17.6 Å². The largest absolute Gasteiger partial charge is 0.394 e. The number of rotatable bonds is 4. The second kappa shape index (κ2) is 7.53. The monoisotopic (exact) mass is 399 g/mol. The van der Waals surface area contributed by atoms with Crippen LogP contribution in [0.25, 0.3) is 11.0 Å². The van der Waals surface area contributed by atoms with Crippen LogP contribution in [-0.2, 0) is 11.3 Å². The summed E-state index contributed by atoms with van der Waals surface area (Å²) < 4.78 is 7.69. The van der Waals surface area contributed by atoms with E-state index in [1.54, 1.807) is 37.3 Å². The second-order valence-electron chi connectivity index (χ2n) is 7.08. The molecule has 0 unspecified atom stereocenters. The molecule has 1 aliphatic heterocycles. The molecule has 3 aromatic rings. The van der Waals surface area contributed by atoms with E-state index in [9.17, 15) is 24.9 Å². The smallest absolute Gasteiger partial charge is 0.335 e. The van der Waals surface area contributed by atoms with Crippen LogP contribution in [0.4, 0.5) is 0 Å². The maximum Gasteiger partial charge on any atom is 0.335 e.